The monoisotopic (exact) mass is 319 g/mol. The van der Waals surface area contributed by atoms with Crippen LogP contribution in [0.15, 0.2) is 59.8 Å². The zero-order chi connectivity index (χ0) is 16.5. The van der Waals surface area contributed by atoms with E-state index in [0.717, 1.165) is 11.1 Å². The molecule has 2 aromatic carbocycles. The van der Waals surface area contributed by atoms with Crippen molar-refractivity contribution in [2.24, 2.45) is 5.16 Å². The van der Waals surface area contributed by atoms with Crippen LogP contribution in [-0.4, -0.2) is 11.9 Å². The molecule has 1 atom stereocenters. The lowest BCUT2D eigenvalue weighted by molar-refractivity contribution is -0.186. The fourth-order valence-electron chi connectivity index (χ4n) is 2.80. The van der Waals surface area contributed by atoms with Gasteiger partial charge in [-0.1, -0.05) is 65.3 Å². The highest BCUT2D eigenvalue weighted by Gasteiger charge is 2.49. The van der Waals surface area contributed by atoms with E-state index in [0.29, 0.717) is 11.3 Å². The van der Waals surface area contributed by atoms with Gasteiger partial charge in [0.2, 0.25) is 0 Å². The molecule has 120 valence electrons. The molecule has 1 unspecified atom stereocenters. The Morgan fingerprint density at radius 3 is 2.30 bits per heavy atom. The summed E-state index contributed by atoms with van der Waals surface area (Å²) in [6, 6.07) is 16.0. The summed E-state index contributed by atoms with van der Waals surface area (Å²) in [7, 11) is 0. The summed E-state index contributed by atoms with van der Waals surface area (Å²) in [6.07, 6.45) is -5.31. The lowest BCUT2D eigenvalue weighted by Gasteiger charge is -2.28. The van der Waals surface area contributed by atoms with Crippen LogP contribution in [-0.2, 0) is 10.4 Å². The minimum atomic E-state index is -4.34. The molecule has 0 saturated carbocycles. The first kappa shape index (κ1) is 15.6. The van der Waals surface area contributed by atoms with Crippen LogP contribution in [0, 0.1) is 6.92 Å². The molecule has 0 bridgehead atoms. The Bertz CT molecular complexity index is 707. The van der Waals surface area contributed by atoms with Gasteiger partial charge in [0.25, 0.3) is 0 Å². The van der Waals surface area contributed by atoms with E-state index in [2.05, 4.69) is 5.16 Å². The molecule has 0 amide bonds. The third kappa shape index (κ3) is 3.38. The van der Waals surface area contributed by atoms with Gasteiger partial charge in [-0.2, -0.15) is 13.2 Å². The van der Waals surface area contributed by atoms with Gasteiger partial charge < -0.3 is 4.84 Å². The van der Waals surface area contributed by atoms with Crippen molar-refractivity contribution in [3.05, 3.63) is 71.3 Å². The second-order valence-corrected chi connectivity index (χ2v) is 5.82. The molecule has 0 N–H and O–H groups in total. The molecule has 23 heavy (non-hydrogen) atoms. The van der Waals surface area contributed by atoms with E-state index < -0.39 is 18.2 Å². The summed E-state index contributed by atoms with van der Waals surface area (Å²) < 4.78 is 39.3. The maximum atomic E-state index is 13.1. The first-order valence-electron chi connectivity index (χ1n) is 7.32. The zero-order valence-corrected chi connectivity index (χ0v) is 12.6. The number of halogens is 3. The van der Waals surface area contributed by atoms with Gasteiger partial charge in [0, 0.05) is 6.42 Å². The highest BCUT2D eigenvalue weighted by molar-refractivity contribution is 6.01. The molecule has 2 aromatic rings. The van der Waals surface area contributed by atoms with E-state index in [1.165, 1.54) is 0 Å². The Morgan fingerprint density at radius 1 is 1.04 bits per heavy atom. The molecule has 5 heteroatoms. The number of oxime groups is 1. The smallest absolute Gasteiger partial charge is 0.383 e. The molecular formula is C18H16F3NO. The summed E-state index contributed by atoms with van der Waals surface area (Å²) in [5.41, 5.74) is 1.41. The van der Waals surface area contributed by atoms with Crippen LogP contribution in [0.3, 0.4) is 0 Å². The van der Waals surface area contributed by atoms with Crippen LogP contribution in [0.4, 0.5) is 13.2 Å². The molecule has 0 fully saturated rings. The fourth-order valence-corrected chi connectivity index (χ4v) is 2.80. The van der Waals surface area contributed by atoms with Crippen molar-refractivity contribution in [2.45, 2.75) is 31.5 Å². The first-order chi connectivity index (χ1) is 10.9. The molecule has 2 nitrogen and oxygen atoms in total. The van der Waals surface area contributed by atoms with Crippen LogP contribution < -0.4 is 0 Å². The lowest BCUT2D eigenvalue weighted by atomic mass is 9.84. The Balaban J connectivity index is 1.93. The van der Waals surface area contributed by atoms with Gasteiger partial charge in [0.05, 0.1) is 12.1 Å². The van der Waals surface area contributed by atoms with Gasteiger partial charge in [0.1, 0.15) is 0 Å². The molecule has 1 aliphatic heterocycles. The number of aryl methyl sites for hydroxylation is 1. The Kier molecular flexibility index (Phi) is 3.88. The van der Waals surface area contributed by atoms with Crippen LogP contribution in [0.1, 0.15) is 29.5 Å². The number of nitrogens with zero attached hydrogens (tertiary/aromatic N) is 1. The minimum absolute atomic E-state index is 0.0968. The number of hydrogen-bond donors (Lipinski definition) is 0. The standard InChI is InChI=1S/C18H16F3NO/c1-13-7-9-14(10-8-13)16-11-17(23-22-16,12-18(19,20)21)15-5-3-2-4-6-15/h2-10H,11-12H2,1H3. The van der Waals surface area contributed by atoms with E-state index in [-0.39, 0.29) is 6.42 Å². The number of hydrogen-bond acceptors (Lipinski definition) is 2. The van der Waals surface area contributed by atoms with E-state index >= 15 is 0 Å². The number of alkyl halides is 3. The molecule has 1 heterocycles. The van der Waals surface area contributed by atoms with Crippen molar-refractivity contribution in [2.75, 3.05) is 0 Å². The third-order valence-corrected chi connectivity index (χ3v) is 3.95. The van der Waals surface area contributed by atoms with E-state index in [4.69, 9.17) is 4.84 Å². The summed E-state index contributed by atoms with van der Waals surface area (Å²) >= 11 is 0. The second-order valence-electron chi connectivity index (χ2n) is 5.82. The van der Waals surface area contributed by atoms with Crippen LogP contribution >= 0.6 is 0 Å². The van der Waals surface area contributed by atoms with Crippen molar-refractivity contribution >= 4 is 5.71 Å². The first-order valence-corrected chi connectivity index (χ1v) is 7.32. The van der Waals surface area contributed by atoms with Gasteiger partial charge in [-0.25, -0.2) is 0 Å². The van der Waals surface area contributed by atoms with Gasteiger partial charge in [-0.15, -0.1) is 0 Å². The predicted molar refractivity (Wildman–Crippen MR) is 82.2 cm³/mol. The third-order valence-electron chi connectivity index (χ3n) is 3.95. The molecule has 0 aliphatic carbocycles. The van der Waals surface area contributed by atoms with Crippen molar-refractivity contribution in [3.8, 4) is 0 Å². The summed E-state index contributed by atoms with van der Waals surface area (Å²) in [5.74, 6) is 0. The number of benzene rings is 2. The molecule has 0 aromatic heterocycles. The quantitative estimate of drug-likeness (QED) is 0.783. The molecule has 0 spiro atoms. The highest BCUT2D eigenvalue weighted by Crippen LogP contribution is 2.44. The molecular weight excluding hydrogens is 303 g/mol. The van der Waals surface area contributed by atoms with Crippen molar-refractivity contribution in [1.29, 1.82) is 0 Å². The van der Waals surface area contributed by atoms with E-state index in [1.807, 2.05) is 31.2 Å². The molecule has 0 saturated heterocycles. The molecule has 0 radical (unpaired) electrons. The summed E-state index contributed by atoms with van der Waals surface area (Å²) in [6.45, 7) is 1.95. The van der Waals surface area contributed by atoms with Crippen molar-refractivity contribution < 1.29 is 18.0 Å². The lowest BCUT2D eigenvalue weighted by Crippen LogP contribution is -2.32. The predicted octanol–water partition coefficient (Wildman–Crippen LogP) is 4.97. The van der Waals surface area contributed by atoms with E-state index in [9.17, 15) is 13.2 Å². The summed E-state index contributed by atoms with van der Waals surface area (Å²) in [5, 5.41) is 3.97. The van der Waals surface area contributed by atoms with Crippen molar-refractivity contribution in [1.82, 2.24) is 0 Å². The minimum Gasteiger partial charge on any atom is -0.383 e. The Hall–Kier alpha value is -2.30. The van der Waals surface area contributed by atoms with Crippen LogP contribution in [0.2, 0.25) is 0 Å². The van der Waals surface area contributed by atoms with Gasteiger partial charge >= 0.3 is 6.18 Å². The summed E-state index contributed by atoms with van der Waals surface area (Å²) in [4.78, 5) is 5.37. The van der Waals surface area contributed by atoms with Crippen molar-refractivity contribution in [3.63, 3.8) is 0 Å². The molecule has 3 rings (SSSR count). The average molecular weight is 319 g/mol. The van der Waals surface area contributed by atoms with Gasteiger partial charge in [-0.3, -0.25) is 0 Å². The van der Waals surface area contributed by atoms with Crippen LogP contribution in [0.5, 0.6) is 0 Å². The van der Waals surface area contributed by atoms with Crippen LogP contribution in [0.25, 0.3) is 0 Å². The topological polar surface area (TPSA) is 21.6 Å². The average Bonchev–Trinajstić information content (AvgIpc) is 2.92. The fraction of sp³-hybridized carbons (Fsp3) is 0.278. The largest absolute Gasteiger partial charge is 0.393 e. The maximum absolute atomic E-state index is 13.1. The Labute approximate surface area is 132 Å². The number of rotatable bonds is 3. The molecule has 1 aliphatic rings. The maximum Gasteiger partial charge on any atom is 0.393 e. The van der Waals surface area contributed by atoms with Gasteiger partial charge in [0.15, 0.2) is 5.60 Å². The Morgan fingerprint density at radius 2 is 1.70 bits per heavy atom. The highest BCUT2D eigenvalue weighted by atomic mass is 19.4. The second kappa shape index (κ2) is 5.72. The van der Waals surface area contributed by atoms with Gasteiger partial charge in [-0.05, 0) is 18.1 Å². The SMILES string of the molecule is Cc1ccc(C2=NOC(CC(F)(F)F)(c3ccccc3)C2)cc1. The normalized spacial score (nSPS) is 21.0. The zero-order valence-electron chi connectivity index (χ0n) is 12.6. The van der Waals surface area contributed by atoms with E-state index in [1.54, 1.807) is 30.3 Å².